The van der Waals surface area contributed by atoms with E-state index in [0.717, 1.165) is 65.6 Å². The number of benzene rings is 1. The van der Waals surface area contributed by atoms with Crippen molar-refractivity contribution in [2.75, 3.05) is 25.5 Å². The quantitative estimate of drug-likeness (QED) is 0.495. The van der Waals surface area contributed by atoms with Gasteiger partial charge in [0.15, 0.2) is 5.58 Å². The molecular weight excluding hydrogens is 418 g/mol. The number of hydrogen-bond acceptors (Lipinski definition) is 7. The second kappa shape index (κ2) is 7.81. The van der Waals surface area contributed by atoms with Gasteiger partial charge in [-0.3, -0.25) is 9.78 Å². The average molecular weight is 444 g/mol. The number of pyridine rings is 2. The number of carbonyl (C=O) groups is 1. The molecule has 168 valence electrons. The number of likely N-dealkylation sites (N-methyl/N-ethyl adjacent to an activating group) is 1. The molecule has 1 aliphatic heterocycles. The van der Waals surface area contributed by atoms with Crippen molar-refractivity contribution in [1.82, 2.24) is 19.9 Å². The summed E-state index contributed by atoms with van der Waals surface area (Å²) in [4.78, 5) is 28.2. The molecule has 1 aromatic carbocycles. The Kier molecular flexibility index (Phi) is 4.76. The van der Waals surface area contributed by atoms with Gasteiger partial charge in [-0.15, -0.1) is 0 Å². The normalized spacial score (nSPS) is 18.8. The van der Waals surface area contributed by atoms with Crippen molar-refractivity contribution in [3.05, 3.63) is 42.4 Å². The fourth-order valence-corrected chi connectivity index (χ4v) is 4.36. The summed E-state index contributed by atoms with van der Waals surface area (Å²) < 4.78 is 12.2. The van der Waals surface area contributed by atoms with Crippen LogP contribution in [0, 0.1) is 12.8 Å². The van der Waals surface area contributed by atoms with E-state index in [1.807, 2.05) is 31.2 Å². The maximum Gasteiger partial charge on any atom is 0.229 e. The summed E-state index contributed by atoms with van der Waals surface area (Å²) >= 11 is 0. The first-order valence-electron chi connectivity index (χ1n) is 11.4. The number of carbonyl (C=O) groups excluding carboxylic acids is 1. The molecule has 6 rings (SSSR count). The molecule has 1 atom stereocenters. The van der Waals surface area contributed by atoms with Crippen molar-refractivity contribution in [2.24, 2.45) is 5.92 Å². The number of oxazole rings is 1. The minimum absolute atomic E-state index is 0.0250. The number of fused-ring (bicyclic) bond motifs is 2. The highest BCUT2D eigenvalue weighted by Crippen LogP contribution is 2.34. The van der Waals surface area contributed by atoms with Gasteiger partial charge in [0.25, 0.3) is 0 Å². The highest BCUT2D eigenvalue weighted by Gasteiger charge is 2.30. The van der Waals surface area contributed by atoms with Gasteiger partial charge in [0, 0.05) is 53.9 Å². The fraction of sp³-hybridized carbons (Fsp3) is 0.360. The van der Waals surface area contributed by atoms with Crippen molar-refractivity contribution in [1.29, 1.82) is 0 Å². The number of rotatable bonds is 5. The van der Waals surface area contributed by atoms with E-state index in [-0.39, 0.29) is 17.9 Å². The zero-order chi connectivity index (χ0) is 22.5. The van der Waals surface area contributed by atoms with E-state index in [1.165, 1.54) is 0 Å². The van der Waals surface area contributed by atoms with Crippen LogP contribution in [0.1, 0.15) is 25.0 Å². The highest BCUT2D eigenvalue weighted by atomic mass is 16.5. The Balaban J connectivity index is 1.35. The van der Waals surface area contributed by atoms with Crippen molar-refractivity contribution >= 4 is 33.6 Å². The lowest BCUT2D eigenvalue weighted by Gasteiger charge is -2.13. The SMILES string of the molecule is Cc1ncc(-c2nc3cc(OC4CCN(C)C4)ccc3o2)c2cc(NC(=O)C3CC3)ncc12. The molecule has 0 spiro atoms. The van der Waals surface area contributed by atoms with Gasteiger partial charge >= 0.3 is 0 Å². The minimum atomic E-state index is 0.0250. The number of likely N-dealkylation sites (tertiary alicyclic amines) is 1. The zero-order valence-corrected chi connectivity index (χ0v) is 18.7. The number of nitrogens with one attached hydrogen (secondary N) is 1. The Morgan fingerprint density at radius 3 is 2.82 bits per heavy atom. The maximum atomic E-state index is 12.2. The van der Waals surface area contributed by atoms with Crippen LogP contribution in [0.25, 0.3) is 33.3 Å². The average Bonchev–Trinajstić information content (AvgIpc) is 3.46. The third kappa shape index (κ3) is 3.91. The molecule has 1 saturated heterocycles. The molecule has 8 heteroatoms. The molecule has 33 heavy (non-hydrogen) atoms. The molecule has 1 saturated carbocycles. The highest BCUT2D eigenvalue weighted by molar-refractivity contribution is 6.00. The van der Waals surface area contributed by atoms with Crippen molar-refractivity contribution in [3.63, 3.8) is 0 Å². The topological polar surface area (TPSA) is 93.4 Å². The number of ether oxygens (including phenoxy) is 1. The van der Waals surface area contributed by atoms with E-state index in [4.69, 9.17) is 14.1 Å². The molecule has 3 aromatic heterocycles. The molecule has 8 nitrogen and oxygen atoms in total. The van der Waals surface area contributed by atoms with Crippen LogP contribution >= 0.6 is 0 Å². The van der Waals surface area contributed by atoms with Crippen LogP contribution in [0.5, 0.6) is 5.75 Å². The van der Waals surface area contributed by atoms with Gasteiger partial charge < -0.3 is 19.4 Å². The van der Waals surface area contributed by atoms with Gasteiger partial charge in [0.05, 0.1) is 5.56 Å². The second-order valence-electron chi connectivity index (χ2n) is 9.08. The summed E-state index contributed by atoms with van der Waals surface area (Å²) in [7, 11) is 2.11. The first-order valence-corrected chi connectivity index (χ1v) is 11.4. The summed E-state index contributed by atoms with van der Waals surface area (Å²) in [5, 5.41) is 4.71. The van der Waals surface area contributed by atoms with Crippen molar-refractivity contribution in [3.8, 4) is 17.2 Å². The molecule has 2 aliphatic rings. The van der Waals surface area contributed by atoms with Crippen LogP contribution in [0.4, 0.5) is 5.82 Å². The van der Waals surface area contributed by atoms with E-state index >= 15 is 0 Å². The predicted molar refractivity (Wildman–Crippen MR) is 125 cm³/mol. The van der Waals surface area contributed by atoms with Gasteiger partial charge in [0.2, 0.25) is 11.8 Å². The van der Waals surface area contributed by atoms with Gasteiger partial charge in [-0.25, -0.2) is 9.97 Å². The Hall–Kier alpha value is -3.52. The monoisotopic (exact) mass is 443 g/mol. The Morgan fingerprint density at radius 1 is 1.15 bits per heavy atom. The second-order valence-corrected chi connectivity index (χ2v) is 9.08. The van der Waals surface area contributed by atoms with E-state index in [0.29, 0.717) is 17.3 Å². The largest absolute Gasteiger partial charge is 0.489 e. The number of anilines is 1. The molecule has 1 amide bonds. The number of hydrogen-bond donors (Lipinski definition) is 1. The van der Waals surface area contributed by atoms with Crippen LogP contribution in [-0.2, 0) is 4.79 Å². The molecule has 0 bridgehead atoms. The third-order valence-electron chi connectivity index (χ3n) is 6.41. The first kappa shape index (κ1) is 20.1. The van der Waals surface area contributed by atoms with Crippen LogP contribution < -0.4 is 10.1 Å². The van der Waals surface area contributed by atoms with E-state index in [1.54, 1.807) is 12.4 Å². The lowest BCUT2D eigenvalue weighted by atomic mass is 10.1. The Labute approximate surface area is 191 Å². The summed E-state index contributed by atoms with van der Waals surface area (Å²) in [6.07, 6.45) is 6.62. The molecule has 4 aromatic rings. The molecular formula is C25H25N5O3. The standard InChI is InChI=1S/C25H25N5O3/c1-14-19-11-27-23(29-24(31)15-3-4-15)10-18(19)20(12-26-14)25-28-21-9-16(5-6-22(21)33-25)32-17-7-8-30(2)13-17/h5-6,9-12,15,17H,3-4,7-8,13H2,1-2H3,(H,27,29,31). The smallest absolute Gasteiger partial charge is 0.229 e. The molecule has 4 heterocycles. The maximum absolute atomic E-state index is 12.2. The van der Waals surface area contributed by atoms with E-state index < -0.39 is 0 Å². The minimum Gasteiger partial charge on any atom is -0.489 e. The predicted octanol–water partition coefficient (Wildman–Crippen LogP) is 4.18. The van der Waals surface area contributed by atoms with Crippen molar-refractivity contribution in [2.45, 2.75) is 32.3 Å². The Morgan fingerprint density at radius 2 is 2.03 bits per heavy atom. The van der Waals surface area contributed by atoms with Crippen molar-refractivity contribution < 1.29 is 13.9 Å². The van der Waals surface area contributed by atoms with Gasteiger partial charge in [-0.1, -0.05) is 0 Å². The van der Waals surface area contributed by atoms with E-state index in [9.17, 15) is 4.79 Å². The van der Waals surface area contributed by atoms with Gasteiger partial charge in [-0.2, -0.15) is 0 Å². The number of amides is 1. The van der Waals surface area contributed by atoms with Crippen LogP contribution in [0.3, 0.4) is 0 Å². The zero-order valence-electron chi connectivity index (χ0n) is 18.7. The van der Waals surface area contributed by atoms with E-state index in [2.05, 4.69) is 27.2 Å². The number of nitrogens with zero attached hydrogens (tertiary/aromatic N) is 4. The summed E-state index contributed by atoms with van der Waals surface area (Å²) in [5.41, 5.74) is 3.04. The summed E-state index contributed by atoms with van der Waals surface area (Å²) in [5.74, 6) is 1.94. The van der Waals surface area contributed by atoms with Gasteiger partial charge in [0.1, 0.15) is 23.2 Å². The van der Waals surface area contributed by atoms with Gasteiger partial charge in [-0.05, 0) is 51.4 Å². The molecule has 1 N–H and O–H groups in total. The van der Waals surface area contributed by atoms with Crippen LogP contribution in [-0.4, -0.2) is 52.0 Å². The molecule has 1 aliphatic carbocycles. The molecule has 1 unspecified atom stereocenters. The summed E-state index contributed by atoms with van der Waals surface area (Å²) in [6.45, 7) is 3.91. The first-order chi connectivity index (χ1) is 16.0. The third-order valence-corrected chi connectivity index (χ3v) is 6.41. The van der Waals surface area contributed by atoms with Crippen LogP contribution in [0.15, 0.2) is 41.1 Å². The lowest BCUT2D eigenvalue weighted by molar-refractivity contribution is -0.117. The summed E-state index contributed by atoms with van der Waals surface area (Å²) in [6, 6.07) is 7.62. The number of aryl methyl sites for hydroxylation is 1. The Bertz CT molecular complexity index is 1380. The lowest BCUT2D eigenvalue weighted by Crippen LogP contribution is -2.21. The molecule has 2 fully saturated rings. The van der Waals surface area contributed by atoms with Crippen LogP contribution in [0.2, 0.25) is 0 Å². The molecule has 0 radical (unpaired) electrons. The number of aromatic nitrogens is 3. The fourth-order valence-electron chi connectivity index (χ4n) is 4.36.